The van der Waals surface area contributed by atoms with Crippen LogP contribution in [0.3, 0.4) is 0 Å². The fraction of sp³-hybridized carbons (Fsp3) is 0.933. The largest absolute Gasteiger partial charge is 0.314 e. The SMILES string of the molecule is CC(C)CCN(CCCCC(C)(N)C#N)C1CC1. The molecule has 0 aromatic rings. The number of nitriles is 1. The molecule has 0 aliphatic heterocycles. The molecule has 3 nitrogen and oxygen atoms in total. The van der Waals surface area contributed by atoms with Crippen LogP contribution in [0.4, 0.5) is 0 Å². The normalized spacial score (nSPS) is 18.9. The van der Waals surface area contributed by atoms with Crippen LogP contribution in [-0.2, 0) is 0 Å². The van der Waals surface area contributed by atoms with Crippen molar-refractivity contribution in [2.45, 2.75) is 70.9 Å². The summed E-state index contributed by atoms with van der Waals surface area (Å²) in [6.45, 7) is 8.82. The molecule has 3 heteroatoms. The maximum Gasteiger partial charge on any atom is 0.101 e. The van der Waals surface area contributed by atoms with Crippen molar-refractivity contribution in [1.29, 1.82) is 5.26 Å². The summed E-state index contributed by atoms with van der Waals surface area (Å²) in [4.78, 5) is 2.64. The average Bonchev–Trinajstić information content (AvgIpc) is 3.12. The van der Waals surface area contributed by atoms with Gasteiger partial charge in [0, 0.05) is 6.04 Å². The molecule has 0 aromatic heterocycles. The number of rotatable bonds is 9. The van der Waals surface area contributed by atoms with E-state index in [4.69, 9.17) is 11.0 Å². The van der Waals surface area contributed by atoms with Crippen LogP contribution in [0.1, 0.15) is 59.3 Å². The Hall–Kier alpha value is -0.590. The third-order valence-electron chi connectivity index (χ3n) is 3.70. The first-order valence-electron chi connectivity index (χ1n) is 7.39. The van der Waals surface area contributed by atoms with Gasteiger partial charge in [0.25, 0.3) is 0 Å². The Kier molecular flexibility index (Phi) is 6.11. The molecule has 1 atom stereocenters. The lowest BCUT2D eigenvalue weighted by Crippen LogP contribution is -2.34. The molecule has 0 bridgehead atoms. The fourth-order valence-electron chi connectivity index (χ4n) is 2.20. The molecular weight excluding hydrogens is 222 g/mol. The van der Waals surface area contributed by atoms with Crippen LogP contribution >= 0.6 is 0 Å². The summed E-state index contributed by atoms with van der Waals surface area (Å²) in [5.74, 6) is 0.789. The number of unbranched alkanes of at least 4 members (excludes halogenated alkanes) is 1. The highest BCUT2D eigenvalue weighted by atomic mass is 15.2. The van der Waals surface area contributed by atoms with Gasteiger partial charge in [-0.05, 0) is 64.5 Å². The predicted octanol–water partition coefficient (Wildman–Crippen LogP) is 2.91. The zero-order valence-electron chi connectivity index (χ0n) is 12.3. The monoisotopic (exact) mass is 251 g/mol. The van der Waals surface area contributed by atoms with Crippen molar-refractivity contribution in [1.82, 2.24) is 4.90 Å². The van der Waals surface area contributed by atoms with Crippen LogP contribution in [0, 0.1) is 17.2 Å². The summed E-state index contributed by atoms with van der Waals surface area (Å²) in [5, 5.41) is 8.86. The molecule has 0 heterocycles. The Morgan fingerprint density at radius 3 is 2.50 bits per heavy atom. The van der Waals surface area contributed by atoms with Crippen molar-refractivity contribution in [2.24, 2.45) is 11.7 Å². The Labute approximate surface area is 112 Å². The van der Waals surface area contributed by atoms with E-state index in [2.05, 4.69) is 24.8 Å². The molecule has 1 unspecified atom stereocenters. The summed E-state index contributed by atoms with van der Waals surface area (Å²) in [5.41, 5.74) is 5.19. The van der Waals surface area contributed by atoms with E-state index in [1.807, 2.05) is 6.92 Å². The highest BCUT2D eigenvalue weighted by molar-refractivity contribution is 5.00. The van der Waals surface area contributed by atoms with E-state index in [1.165, 1.54) is 38.8 Å². The molecule has 0 amide bonds. The van der Waals surface area contributed by atoms with Gasteiger partial charge in [-0.2, -0.15) is 5.26 Å². The maximum atomic E-state index is 8.86. The first-order chi connectivity index (χ1) is 8.44. The van der Waals surface area contributed by atoms with Crippen LogP contribution in [0.2, 0.25) is 0 Å². The van der Waals surface area contributed by atoms with Gasteiger partial charge in [0.2, 0.25) is 0 Å². The molecule has 1 rings (SSSR count). The minimum absolute atomic E-state index is 0.637. The summed E-state index contributed by atoms with van der Waals surface area (Å²) >= 11 is 0. The van der Waals surface area contributed by atoms with E-state index in [0.717, 1.165) is 24.8 Å². The third-order valence-corrected chi connectivity index (χ3v) is 3.70. The molecular formula is C15H29N3. The quantitative estimate of drug-likeness (QED) is 0.641. The summed E-state index contributed by atoms with van der Waals surface area (Å²) in [7, 11) is 0. The van der Waals surface area contributed by atoms with Gasteiger partial charge in [-0.1, -0.05) is 13.8 Å². The van der Waals surface area contributed by atoms with E-state index in [-0.39, 0.29) is 0 Å². The molecule has 1 saturated carbocycles. The van der Waals surface area contributed by atoms with Crippen molar-refractivity contribution in [3.63, 3.8) is 0 Å². The lowest BCUT2D eigenvalue weighted by Gasteiger charge is -2.23. The summed E-state index contributed by atoms with van der Waals surface area (Å²) in [6.07, 6.45) is 7.10. The number of hydrogen-bond donors (Lipinski definition) is 1. The molecule has 2 N–H and O–H groups in total. The molecule has 0 spiro atoms. The Balaban J connectivity index is 2.16. The predicted molar refractivity (Wildman–Crippen MR) is 76.1 cm³/mol. The maximum absolute atomic E-state index is 8.86. The van der Waals surface area contributed by atoms with Crippen molar-refractivity contribution in [3.05, 3.63) is 0 Å². The van der Waals surface area contributed by atoms with Gasteiger partial charge in [-0.3, -0.25) is 0 Å². The molecule has 0 radical (unpaired) electrons. The van der Waals surface area contributed by atoms with Crippen molar-refractivity contribution >= 4 is 0 Å². The second-order valence-corrected chi connectivity index (χ2v) is 6.44. The van der Waals surface area contributed by atoms with Gasteiger partial charge in [0.15, 0.2) is 0 Å². The standard InChI is InChI=1S/C15H29N3/c1-13(2)8-11-18(14-6-7-14)10-5-4-9-15(3,17)12-16/h13-14H,4-11,17H2,1-3H3. The third kappa shape index (κ3) is 6.37. The van der Waals surface area contributed by atoms with E-state index in [0.29, 0.717) is 0 Å². The van der Waals surface area contributed by atoms with E-state index in [1.54, 1.807) is 0 Å². The second kappa shape index (κ2) is 7.11. The number of nitrogens with zero attached hydrogens (tertiary/aromatic N) is 2. The minimum atomic E-state index is -0.637. The Morgan fingerprint density at radius 2 is 2.00 bits per heavy atom. The van der Waals surface area contributed by atoms with E-state index < -0.39 is 5.54 Å². The van der Waals surface area contributed by atoms with Crippen LogP contribution in [0.15, 0.2) is 0 Å². The van der Waals surface area contributed by atoms with E-state index >= 15 is 0 Å². The molecule has 104 valence electrons. The van der Waals surface area contributed by atoms with Crippen LogP contribution in [0.5, 0.6) is 0 Å². The average molecular weight is 251 g/mol. The van der Waals surface area contributed by atoms with Gasteiger partial charge in [0.1, 0.15) is 5.54 Å². The molecule has 0 aromatic carbocycles. The highest BCUT2D eigenvalue weighted by Crippen LogP contribution is 2.27. The zero-order chi connectivity index (χ0) is 13.6. The van der Waals surface area contributed by atoms with Crippen molar-refractivity contribution in [3.8, 4) is 6.07 Å². The van der Waals surface area contributed by atoms with Crippen LogP contribution in [-0.4, -0.2) is 29.6 Å². The van der Waals surface area contributed by atoms with Crippen LogP contribution in [0.25, 0.3) is 0 Å². The summed E-state index contributed by atoms with van der Waals surface area (Å²) in [6, 6.07) is 3.02. The van der Waals surface area contributed by atoms with Crippen molar-refractivity contribution in [2.75, 3.05) is 13.1 Å². The van der Waals surface area contributed by atoms with Gasteiger partial charge >= 0.3 is 0 Å². The topological polar surface area (TPSA) is 53.0 Å². The molecule has 1 fully saturated rings. The molecule has 18 heavy (non-hydrogen) atoms. The smallest absolute Gasteiger partial charge is 0.101 e. The van der Waals surface area contributed by atoms with Gasteiger partial charge in [-0.15, -0.1) is 0 Å². The lowest BCUT2D eigenvalue weighted by molar-refractivity contribution is 0.240. The van der Waals surface area contributed by atoms with Crippen LogP contribution < -0.4 is 5.73 Å². The number of nitrogens with two attached hydrogens (primary N) is 1. The summed E-state index contributed by atoms with van der Waals surface area (Å²) < 4.78 is 0. The minimum Gasteiger partial charge on any atom is -0.314 e. The first-order valence-corrected chi connectivity index (χ1v) is 7.39. The highest BCUT2D eigenvalue weighted by Gasteiger charge is 2.28. The number of hydrogen-bond acceptors (Lipinski definition) is 3. The second-order valence-electron chi connectivity index (χ2n) is 6.44. The van der Waals surface area contributed by atoms with Crippen molar-refractivity contribution < 1.29 is 0 Å². The van der Waals surface area contributed by atoms with Gasteiger partial charge in [0.05, 0.1) is 6.07 Å². The first kappa shape index (κ1) is 15.5. The molecule has 1 aliphatic carbocycles. The lowest BCUT2D eigenvalue weighted by atomic mass is 9.98. The fourth-order valence-corrected chi connectivity index (χ4v) is 2.20. The molecule has 0 saturated heterocycles. The Morgan fingerprint density at radius 1 is 1.33 bits per heavy atom. The van der Waals surface area contributed by atoms with Gasteiger partial charge < -0.3 is 10.6 Å². The zero-order valence-corrected chi connectivity index (χ0v) is 12.3. The Bertz CT molecular complexity index is 274. The molecule has 1 aliphatic rings. The van der Waals surface area contributed by atoms with Gasteiger partial charge in [-0.25, -0.2) is 0 Å². The van der Waals surface area contributed by atoms with E-state index in [9.17, 15) is 0 Å².